The predicted molar refractivity (Wildman–Crippen MR) is 192 cm³/mol. The highest BCUT2D eigenvalue weighted by Gasteiger charge is 2.28. The van der Waals surface area contributed by atoms with Gasteiger partial charge in [0.2, 0.25) is 11.8 Å². The number of carbonyl (C=O) groups is 2. The van der Waals surface area contributed by atoms with E-state index in [1.807, 2.05) is 74.4 Å². The number of amides is 2. The molecule has 0 aliphatic heterocycles. The van der Waals surface area contributed by atoms with Gasteiger partial charge in [-0.2, -0.15) is 0 Å². The van der Waals surface area contributed by atoms with Crippen molar-refractivity contribution in [2.75, 3.05) is 14.1 Å². The fraction of sp³-hybridized carbons (Fsp3) is 0.500. The van der Waals surface area contributed by atoms with Crippen molar-refractivity contribution in [3.05, 3.63) is 92.8 Å². The number of hydrogen-bond donors (Lipinski definition) is 3. The maximum absolute atomic E-state index is 14.8. The van der Waals surface area contributed by atoms with Crippen molar-refractivity contribution < 1.29 is 31.4 Å². The molecule has 50 heavy (non-hydrogen) atoms. The molecule has 0 fully saturated rings. The number of hydrogen-bond acceptors (Lipinski definition) is 5. The molecule has 276 valence electrons. The number of alkyl halides is 4. The summed E-state index contributed by atoms with van der Waals surface area (Å²) in [7, 11) is -0.490. The Bertz CT molecular complexity index is 1550. The Hall–Kier alpha value is -3.64. The van der Waals surface area contributed by atoms with E-state index in [9.17, 15) is 31.4 Å². The van der Waals surface area contributed by atoms with E-state index in [1.54, 1.807) is 12.1 Å². The first-order valence-corrected chi connectivity index (χ1v) is 18.7. The first kappa shape index (κ1) is 40.8. The summed E-state index contributed by atoms with van der Waals surface area (Å²) >= 11 is 0. The summed E-state index contributed by atoms with van der Waals surface area (Å²) in [6, 6.07) is 8.86. The van der Waals surface area contributed by atoms with Crippen LogP contribution in [0.15, 0.2) is 47.5 Å². The lowest BCUT2D eigenvalue weighted by Gasteiger charge is -2.29. The predicted octanol–water partition coefficient (Wildman–Crippen LogP) is 8.44. The lowest BCUT2D eigenvalue weighted by Crippen LogP contribution is -2.50. The minimum Gasteiger partial charge on any atom is -0.304 e. The Labute approximate surface area is 295 Å². The molecule has 7 nitrogen and oxygen atoms in total. The van der Waals surface area contributed by atoms with E-state index in [-0.39, 0.29) is 52.5 Å². The van der Waals surface area contributed by atoms with Crippen molar-refractivity contribution in [1.82, 2.24) is 19.3 Å². The molecular weight excluding hydrogens is 669 g/mol. The Morgan fingerprint density at radius 3 is 1.30 bits per heavy atom. The second-order valence-corrected chi connectivity index (χ2v) is 16.5. The van der Waals surface area contributed by atoms with Crippen molar-refractivity contribution in [1.29, 1.82) is 0 Å². The Kier molecular flexibility index (Phi) is 13.9. The van der Waals surface area contributed by atoms with Gasteiger partial charge >= 0.3 is 0 Å². The second-order valence-electron chi connectivity index (χ2n) is 14.4. The summed E-state index contributed by atoms with van der Waals surface area (Å²) in [6.07, 6.45) is -4.55. The van der Waals surface area contributed by atoms with Crippen molar-refractivity contribution in [2.45, 2.75) is 116 Å². The Morgan fingerprint density at radius 2 is 1.04 bits per heavy atom. The molecule has 1 aromatic heterocycles. The molecule has 0 aliphatic rings. The molecular formula is C38H52F4N4O3S. The highest BCUT2D eigenvalue weighted by Crippen LogP contribution is 2.35. The molecule has 0 unspecified atom stereocenters. The fourth-order valence-corrected chi connectivity index (χ4v) is 7.81. The van der Waals surface area contributed by atoms with Crippen LogP contribution in [-0.2, 0) is 39.3 Å². The molecule has 12 heteroatoms. The Morgan fingerprint density at radius 1 is 0.680 bits per heavy atom. The van der Waals surface area contributed by atoms with Gasteiger partial charge in [0.25, 0.3) is 12.9 Å². The number of aromatic nitrogens is 1. The average Bonchev–Trinajstić information content (AvgIpc) is 3.00. The third-order valence-electron chi connectivity index (χ3n) is 8.56. The quantitative estimate of drug-likeness (QED) is 0.108. The SMILES string of the molecule is CC(C)c1cc(C(F)F)cc(C(C)C)c1CC(=O)N[SH](=O)(NC(=O)Cc1c(C(C)C)cc(C(F)F)cc1C(C)C)c1ccc(CN(C)C)nc1. The largest absolute Gasteiger partial charge is 0.304 e. The summed E-state index contributed by atoms with van der Waals surface area (Å²) in [5.41, 5.74) is 3.89. The number of pyridine rings is 1. The van der Waals surface area contributed by atoms with Crippen LogP contribution in [-0.4, -0.2) is 40.0 Å². The van der Waals surface area contributed by atoms with E-state index >= 15 is 0 Å². The summed E-state index contributed by atoms with van der Waals surface area (Å²) in [5, 5.41) is 0. The zero-order valence-corrected chi connectivity index (χ0v) is 31.6. The van der Waals surface area contributed by atoms with Gasteiger partial charge in [-0.15, -0.1) is 0 Å². The second kappa shape index (κ2) is 17.0. The van der Waals surface area contributed by atoms with Crippen LogP contribution in [0.2, 0.25) is 0 Å². The summed E-state index contributed by atoms with van der Waals surface area (Å²) in [5.74, 6) is -2.09. The maximum Gasteiger partial charge on any atom is 0.263 e. The number of benzene rings is 2. The van der Waals surface area contributed by atoms with Crippen LogP contribution in [0.5, 0.6) is 0 Å². The van der Waals surface area contributed by atoms with E-state index < -0.39 is 35.0 Å². The molecule has 3 aromatic rings. The smallest absolute Gasteiger partial charge is 0.263 e. The van der Waals surface area contributed by atoms with Crippen LogP contribution < -0.4 is 9.44 Å². The maximum atomic E-state index is 14.8. The van der Waals surface area contributed by atoms with Gasteiger partial charge in [0, 0.05) is 23.9 Å². The van der Waals surface area contributed by atoms with Crippen molar-refractivity contribution in [3.63, 3.8) is 0 Å². The molecule has 0 spiro atoms. The topological polar surface area (TPSA) is 91.4 Å². The van der Waals surface area contributed by atoms with Crippen molar-refractivity contribution >= 4 is 22.1 Å². The van der Waals surface area contributed by atoms with Crippen molar-refractivity contribution in [2.24, 2.45) is 0 Å². The summed E-state index contributed by atoms with van der Waals surface area (Å²) < 4.78 is 75.3. The van der Waals surface area contributed by atoms with Gasteiger partial charge in [-0.3, -0.25) is 24.0 Å². The van der Waals surface area contributed by atoms with Crippen LogP contribution in [0.1, 0.15) is 142 Å². The number of thiol groups is 1. The number of halogens is 4. The number of rotatable bonds is 15. The zero-order chi connectivity index (χ0) is 37.7. The molecule has 0 saturated heterocycles. The van der Waals surface area contributed by atoms with Crippen LogP contribution in [0, 0.1) is 0 Å². The van der Waals surface area contributed by atoms with Gasteiger partial charge in [-0.25, -0.2) is 21.8 Å². The Balaban J connectivity index is 2.08. The van der Waals surface area contributed by atoms with E-state index in [0.717, 1.165) is 0 Å². The van der Waals surface area contributed by atoms with Crippen LogP contribution in [0.3, 0.4) is 0 Å². The van der Waals surface area contributed by atoms with Crippen LogP contribution >= 0.6 is 0 Å². The molecule has 0 radical (unpaired) electrons. The molecule has 0 saturated carbocycles. The van der Waals surface area contributed by atoms with E-state index in [0.29, 0.717) is 45.6 Å². The number of nitrogens with one attached hydrogen (secondary N) is 2. The standard InChI is InChI=1S/C38H52F4N4O3S/c1-21(2)29-13-25(37(39)40)14-30(22(3)4)33(29)17-35(47)44-50(49,28-12-11-27(43-19-28)20-46(9)10)45-36(48)18-34-31(23(5)6)15-26(38(41)42)16-32(34)24(7)8/h11-16,19,21-24,37-38,50H,17-18,20H2,1-10H3,(H2,44,45,47,48,49). The highest BCUT2D eigenvalue weighted by molar-refractivity contribution is 8.00. The fourth-order valence-electron chi connectivity index (χ4n) is 6.13. The lowest BCUT2D eigenvalue weighted by atomic mass is 9.85. The van der Waals surface area contributed by atoms with Gasteiger partial charge < -0.3 is 4.90 Å². The first-order chi connectivity index (χ1) is 23.2. The van der Waals surface area contributed by atoms with E-state index in [2.05, 4.69) is 14.4 Å². The van der Waals surface area contributed by atoms with Crippen LogP contribution in [0.4, 0.5) is 17.6 Å². The van der Waals surface area contributed by atoms with Gasteiger partial charge in [0.1, 0.15) is 0 Å². The third-order valence-corrected chi connectivity index (χ3v) is 10.7. The zero-order valence-electron chi connectivity index (χ0n) is 30.7. The molecule has 1 heterocycles. The van der Waals surface area contributed by atoms with Gasteiger partial charge in [0.05, 0.1) is 33.7 Å². The average molecular weight is 721 g/mol. The van der Waals surface area contributed by atoms with E-state index in [1.165, 1.54) is 30.5 Å². The molecule has 0 bridgehead atoms. The molecule has 2 aromatic carbocycles. The summed E-state index contributed by atoms with van der Waals surface area (Å²) in [4.78, 5) is 34.1. The van der Waals surface area contributed by atoms with Gasteiger partial charge in [-0.1, -0.05) is 55.4 Å². The monoisotopic (exact) mass is 720 g/mol. The molecule has 0 atom stereocenters. The summed E-state index contributed by atoms with van der Waals surface area (Å²) in [6.45, 7) is 15.3. The lowest BCUT2D eigenvalue weighted by molar-refractivity contribution is -0.118. The highest BCUT2D eigenvalue weighted by atomic mass is 32.3. The number of nitrogens with zero attached hydrogens (tertiary/aromatic N) is 2. The third kappa shape index (κ3) is 10.2. The molecule has 3 rings (SSSR count). The minimum atomic E-state index is -4.23. The first-order valence-electron chi connectivity index (χ1n) is 17.0. The molecule has 2 amide bonds. The van der Waals surface area contributed by atoms with Gasteiger partial charge in [0.15, 0.2) is 0 Å². The molecule has 0 aliphatic carbocycles. The number of carbonyl (C=O) groups excluding carboxylic acids is 2. The van der Waals surface area contributed by atoms with Crippen LogP contribution in [0.25, 0.3) is 0 Å². The normalized spacial score (nSPS) is 12.7. The molecule has 2 N–H and O–H groups in total. The van der Waals surface area contributed by atoms with Gasteiger partial charge in [-0.05, 0) is 108 Å². The van der Waals surface area contributed by atoms with Crippen molar-refractivity contribution in [3.8, 4) is 0 Å². The van der Waals surface area contributed by atoms with E-state index in [4.69, 9.17) is 0 Å². The minimum absolute atomic E-state index is 0.0872.